The lowest BCUT2D eigenvalue weighted by atomic mass is 10.1. The predicted molar refractivity (Wildman–Crippen MR) is 127 cm³/mol. The summed E-state index contributed by atoms with van der Waals surface area (Å²) in [5, 5.41) is 6.83. The third-order valence-electron chi connectivity index (χ3n) is 5.22. The Morgan fingerprint density at radius 3 is 2.41 bits per heavy atom. The Balaban J connectivity index is 0.00000342. The van der Waals surface area contributed by atoms with Crippen LogP contribution in [0.1, 0.15) is 23.0 Å². The van der Waals surface area contributed by atoms with Gasteiger partial charge in [0.05, 0.1) is 23.5 Å². The van der Waals surface area contributed by atoms with Gasteiger partial charge in [0.25, 0.3) is 5.91 Å². The van der Waals surface area contributed by atoms with Gasteiger partial charge in [0, 0.05) is 24.3 Å². The Morgan fingerprint density at radius 2 is 1.76 bits per heavy atom. The lowest BCUT2D eigenvalue weighted by molar-refractivity contribution is -0.141. The van der Waals surface area contributed by atoms with E-state index >= 15 is 0 Å². The molecule has 1 N–H and O–H groups in total. The summed E-state index contributed by atoms with van der Waals surface area (Å²) in [6.45, 7) is 1.85. The van der Waals surface area contributed by atoms with Gasteiger partial charge in [0.15, 0.2) is 5.69 Å². The van der Waals surface area contributed by atoms with Crippen LogP contribution in [-0.2, 0) is 6.18 Å². The molecule has 4 rings (SSSR count). The molecule has 0 fully saturated rings. The fourth-order valence-electron chi connectivity index (χ4n) is 3.38. The minimum absolute atomic E-state index is 0. The van der Waals surface area contributed by atoms with Crippen LogP contribution in [0.25, 0.3) is 16.9 Å². The molecule has 0 radical (unpaired) electrons. The Bertz CT molecular complexity index is 1360. The summed E-state index contributed by atoms with van der Waals surface area (Å²) in [6.07, 6.45) is -4.63. The van der Waals surface area contributed by atoms with Gasteiger partial charge < -0.3 is 10.1 Å². The molecule has 176 valence electrons. The number of carbonyl (C=O) groups excluding carboxylic acids is 1. The van der Waals surface area contributed by atoms with E-state index in [-0.39, 0.29) is 18.1 Å². The van der Waals surface area contributed by atoms with Gasteiger partial charge in [-0.3, -0.25) is 4.79 Å². The molecule has 0 aliphatic carbocycles. The maximum absolute atomic E-state index is 13.4. The molecular weight excluding hydrogens is 467 g/mol. The molecule has 0 spiro atoms. The Morgan fingerprint density at radius 1 is 1.06 bits per heavy atom. The summed E-state index contributed by atoms with van der Waals surface area (Å²) in [6, 6.07) is 19.0. The quantitative estimate of drug-likeness (QED) is 0.329. The normalized spacial score (nSPS) is 11.4. The minimum atomic E-state index is -4.63. The fraction of sp³-hybridized carbons (Fsp3) is 0.120. The van der Waals surface area contributed by atoms with E-state index in [0.717, 1.165) is 16.3 Å². The first-order valence-electron chi connectivity index (χ1n) is 10.2. The molecule has 34 heavy (non-hydrogen) atoms. The number of amides is 1. The van der Waals surface area contributed by atoms with E-state index in [1.165, 1.54) is 19.2 Å². The predicted octanol–water partition coefficient (Wildman–Crippen LogP) is 7.03. The first-order chi connectivity index (χ1) is 16.2. The number of methoxy groups -OCH3 is 1. The van der Waals surface area contributed by atoms with Gasteiger partial charge in [0.1, 0.15) is 5.75 Å². The smallest absolute Gasteiger partial charge is 0.435 e. The molecule has 1 aromatic heterocycles. The third kappa shape index (κ3) is 4.77. The van der Waals surface area contributed by atoms with Crippen molar-refractivity contribution in [1.29, 1.82) is 0 Å². The Hall–Kier alpha value is -3.78. The first-order valence-corrected chi connectivity index (χ1v) is 10.5. The maximum atomic E-state index is 13.4. The van der Waals surface area contributed by atoms with Gasteiger partial charge in [-0.2, -0.15) is 18.3 Å². The van der Waals surface area contributed by atoms with Gasteiger partial charge in [-0.1, -0.05) is 41.9 Å². The van der Waals surface area contributed by atoms with E-state index in [1.54, 1.807) is 48.5 Å². The number of nitrogens with one attached hydrogen (secondary N) is 1. The van der Waals surface area contributed by atoms with Crippen molar-refractivity contribution in [1.82, 2.24) is 9.78 Å². The molecular formula is C25H21ClF3N3O2. The van der Waals surface area contributed by atoms with Gasteiger partial charge >= 0.3 is 6.18 Å². The summed E-state index contributed by atoms with van der Waals surface area (Å²) in [4.78, 5) is 12.7. The summed E-state index contributed by atoms with van der Waals surface area (Å²) in [7, 11) is 1.53. The zero-order valence-electron chi connectivity index (χ0n) is 18.2. The number of rotatable bonds is 5. The van der Waals surface area contributed by atoms with Crippen molar-refractivity contribution < 1.29 is 24.1 Å². The monoisotopic (exact) mass is 487 g/mol. The van der Waals surface area contributed by atoms with Crippen molar-refractivity contribution in [2.24, 2.45) is 0 Å². The number of anilines is 1. The Kier molecular flexibility index (Phi) is 6.34. The van der Waals surface area contributed by atoms with Crippen LogP contribution in [0.2, 0.25) is 5.02 Å². The number of aromatic nitrogens is 2. The third-order valence-corrected chi connectivity index (χ3v) is 5.54. The number of carbonyl (C=O) groups is 1. The Labute approximate surface area is 200 Å². The van der Waals surface area contributed by atoms with Crippen molar-refractivity contribution in [3.63, 3.8) is 0 Å². The average Bonchev–Trinajstić information content (AvgIpc) is 3.27. The molecule has 0 unspecified atom stereocenters. The summed E-state index contributed by atoms with van der Waals surface area (Å²) in [5.41, 5.74) is 1.69. The lowest BCUT2D eigenvalue weighted by Crippen LogP contribution is -2.12. The zero-order valence-corrected chi connectivity index (χ0v) is 18.9. The van der Waals surface area contributed by atoms with E-state index < -0.39 is 11.9 Å². The highest BCUT2D eigenvalue weighted by Crippen LogP contribution is 2.34. The SMILES string of the molecule is COc1ccc(C)c(NC(=O)c2ccc(-c3cc(C(F)(F)F)nn3-c3ccccc3Cl)cc2)c1.[HH]. The number of hydrogen-bond acceptors (Lipinski definition) is 3. The summed E-state index contributed by atoms with van der Waals surface area (Å²) < 4.78 is 46.6. The van der Waals surface area contributed by atoms with Crippen LogP contribution < -0.4 is 10.1 Å². The molecule has 0 saturated carbocycles. The summed E-state index contributed by atoms with van der Waals surface area (Å²) in [5.74, 6) is 0.239. The second kappa shape index (κ2) is 9.23. The van der Waals surface area contributed by atoms with Crippen LogP contribution in [0, 0.1) is 6.92 Å². The van der Waals surface area contributed by atoms with Crippen LogP contribution in [0.4, 0.5) is 18.9 Å². The van der Waals surface area contributed by atoms with Gasteiger partial charge in [-0.05, 0) is 48.9 Å². The van der Waals surface area contributed by atoms with Crippen molar-refractivity contribution in [3.8, 4) is 22.7 Å². The second-order valence-corrected chi connectivity index (χ2v) is 7.90. The number of hydrogen-bond donors (Lipinski definition) is 1. The van der Waals surface area contributed by atoms with E-state index in [4.69, 9.17) is 16.3 Å². The zero-order chi connectivity index (χ0) is 24.5. The molecule has 0 aliphatic rings. The molecule has 0 bridgehead atoms. The number of ether oxygens (including phenoxy) is 1. The van der Waals surface area contributed by atoms with Crippen LogP contribution >= 0.6 is 11.6 Å². The van der Waals surface area contributed by atoms with E-state index in [9.17, 15) is 18.0 Å². The second-order valence-electron chi connectivity index (χ2n) is 7.49. The van der Waals surface area contributed by atoms with Crippen molar-refractivity contribution >= 4 is 23.2 Å². The van der Waals surface area contributed by atoms with Gasteiger partial charge in [-0.15, -0.1) is 0 Å². The molecule has 9 heteroatoms. The largest absolute Gasteiger partial charge is 0.497 e. The fourth-order valence-corrected chi connectivity index (χ4v) is 3.60. The molecule has 4 aromatic rings. The molecule has 0 atom stereocenters. The number of benzene rings is 3. The van der Waals surface area contributed by atoms with E-state index in [1.807, 2.05) is 13.0 Å². The van der Waals surface area contributed by atoms with E-state index in [2.05, 4.69) is 10.4 Å². The number of halogens is 4. The highest BCUT2D eigenvalue weighted by Gasteiger charge is 2.35. The molecule has 0 saturated heterocycles. The highest BCUT2D eigenvalue weighted by molar-refractivity contribution is 6.32. The standard InChI is InChI=1S/C25H19ClF3N3O2.H2/c1-15-7-12-18(34-2)13-20(15)30-24(33)17-10-8-16(9-11-17)22-14-23(25(27,28)29)31-32(22)21-6-4-3-5-19(21)26;/h3-14H,1-2H3,(H,30,33);1H. The van der Waals surface area contributed by atoms with Crippen LogP contribution in [-0.4, -0.2) is 22.8 Å². The number of nitrogens with zero attached hydrogens (tertiary/aromatic N) is 2. The van der Waals surface area contributed by atoms with Crippen molar-refractivity contribution in [3.05, 3.63) is 94.6 Å². The first kappa shape index (κ1) is 23.4. The molecule has 1 amide bonds. The maximum Gasteiger partial charge on any atom is 0.435 e. The average molecular weight is 488 g/mol. The van der Waals surface area contributed by atoms with Crippen LogP contribution in [0.15, 0.2) is 72.8 Å². The number of aryl methyl sites for hydroxylation is 1. The van der Waals surface area contributed by atoms with E-state index in [0.29, 0.717) is 28.3 Å². The van der Waals surface area contributed by atoms with Crippen LogP contribution in [0.3, 0.4) is 0 Å². The molecule has 1 heterocycles. The topological polar surface area (TPSA) is 56.1 Å². The summed E-state index contributed by atoms with van der Waals surface area (Å²) >= 11 is 6.22. The highest BCUT2D eigenvalue weighted by atomic mass is 35.5. The molecule has 3 aromatic carbocycles. The van der Waals surface area contributed by atoms with Gasteiger partial charge in [0.2, 0.25) is 0 Å². The number of alkyl halides is 3. The van der Waals surface area contributed by atoms with Crippen LogP contribution in [0.5, 0.6) is 5.75 Å². The molecule has 5 nitrogen and oxygen atoms in total. The van der Waals surface area contributed by atoms with Crippen molar-refractivity contribution in [2.75, 3.05) is 12.4 Å². The molecule has 0 aliphatic heterocycles. The number of para-hydroxylation sites is 1. The van der Waals surface area contributed by atoms with Gasteiger partial charge in [-0.25, -0.2) is 4.68 Å². The van der Waals surface area contributed by atoms with Crippen molar-refractivity contribution in [2.45, 2.75) is 13.1 Å². The minimum Gasteiger partial charge on any atom is -0.497 e. The lowest BCUT2D eigenvalue weighted by Gasteiger charge is -2.11.